The van der Waals surface area contributed by atoms with Crippen LogP contribution >= 0.6 is 0 Å². The number of aryl methyl sites for hydroxylation is 1. The standard InChI is InChI=1S/C18H24N4O2/c1-2-22-12-6-9-15(22)13-19-16(23)10-11-17-20-21-18(24-17)14-7-4-3-5-8-14/h3-5,7-8,15H,2,6,9-13H2,1H3,(H,19,23)/t15-/m0/s1. The molecule has 6 nitrogen and oxygen atoms in total. The number of hydrogen-bond acceptors (Lipinski definition) is 5. The van der Waals surface area contributed by atoms with Crippen LogP contribution in [0, 0.1) is 0 Å². The average molecular weight is 328 g/mol. The van der Waals surface area contributed by atoms with Gasteiger partial charge < -0.3 is 9.73 Å². The van der Waals surface area contributed by atoms with E-state index in [0.717, 1.165) is 31.6 Å². The fourth-order valence-corrected chi connectivity index (χ4v) is 3.14. The maximum Gasteiger partial charge on any atom is 0.247 e. The smallest absolute Gasteiger partial charge is 0.247 e. The van der Waals surface area contributed by atoms with Crippen molar-refractivity contribution in [3.8, 4) is 11.5 Å². The monoisotopic (exact) mass is 328 g/mol. The quantitative estimate of drug-likeness (QED) is 0.844. The van der Waals surface area contributed by atoms with Crippen LogP contribution in [0.5, 0.6) is 0 Å². The van der Waals surface area contributed by atoms with Crippen molar-refractivity contribution in [3.63, 3.8) is 0 Å². The molecule has 1 fully saturated rings. The van der Waals surface area contributed by atoms with E-state index < -0.39 is 0 Å². The van der Waals surface area contributed by atoms with Gasteiger partial charge in [0.25, 0.3) is 0 Å². The molecule has 0 spiro atoms. The molecule has 1 aliphatic heterocycles. The molecule has 128 valence electrons. The van der Waals surface area contributed by atoms with Gasteiger partial charge in [-0.05, 0) is 38.1 Å². The van der Waals surface area contributed by atoms with Gasteiger partial charge in [-0.2, -0.15) is 0 Å². The van der Waals surface area contributed by atoms with Gasteiger partial charge in [-0.25, -0.2) is 0 Å². The summed E-state index contributed by atoms with van der Waals surface area (Å²) in [5.41, 5.74) is 0.890. The predicted molar refractivity (Wildman–Crippen MR) is 91.3 cm³/mol. The van der Waals surface area contributed by atoms with Gasteiger partial charge in [0.15, 0.2) is 0 Å². The molecule has 1 aliphatic rings. The molecule has 0 unspecified atom stereocenters. The molecule has 0 aliphatic carbocycles. The highest BCUT2D eigenvalue weighted by Crippen LogP contribution is 2.18. The molecule has 24 heavy (non-hydrogen) atoms. The number of aromatic nitrogens is 2. The first kappa shape index (κ1) is 16.6. The number of amides is 1. The van der Waals surface area contributed by atoms with Crippen LogP contribution in [0.2, 0.25) is 0 Å². The first-order chi connectivity index (χ1) is 11.8. The maximum absolute atomic E-state index is 12.0. The van der Waals surface area contributed by atoms with Crippen LogP contribution in [0.4, 0.5) is 0 Å². The molecule has 0 radical (unpaired) electrons. The molecule has 2 heterocycles. The van der Waals surface area contributed by atoms with Crippen LogP contribution in [0.1, 0.15) is 32.1 Å². The molecule has 0 saturated carbocycles. The lowest BCUT2D eigenvalue weighted by atomic mass is 10.2. The molecule has 2 aromatic rings. The van der Waals surface area contributed by atoms with Crippen molar-refractivity contribution >= 4 is 5.91 Å². The van der Waals surface area contributed by atoms with E-state index in [2.05, 4.69) is 27.3 Å². The van der Waals surface area contributed by atoms with E-state index in [9.17, 15) is 4.79 Å². The summed E-state index contributed by atoms with van der Waals surface area (Å²) >= 11 is 0. The summed E-state index contributed by atoms with van der Waals surface area (Å²) in [4.78, 5) is 14.4. The van der Waals surface area contributed by atoms with Gasteiger partial charge in [0.1, 0.15) is 0 Å². The summed E-state index contributed by atoms with van der Waals surface area (Å²) in [6.07, 6.45) is 3.22. The topological polar surface area (TPSA) is 71.3 Å². The molecule has 1 N–H and O–H groups in total. The second-order valence-corrected chi connectivity index (χ2v) is 6.10. The predicted octanol–water partition coefficient (Wildman–Crippen LogP) is 2.27. The molecule has 1 aromatic heterocycles. The number of nitrogens with one attached hydrogen (secondary N) is 1. The van der Waals surface area contributed by atoms with E-state index in [-0.39, 0.29) is 5.91 Å². The number of likely N-dealkylation sites (N-methyl/N-ethyl adjacent to an activating group) is 1. The van der Waals surface area contributed by atoms with Crippen LogP contribution in [-0.4, -0.2) is 46.7 Å². The maximum atomic E-state index is 12.0. The van der Waals surface area contributed by atoms with E-state index in [0.29, 0.717) is 30.7 Å². The number of carbonyl (C=O) groups is 1. The zero-order chi connectivity index (χ0) is 16.8. The summed E-state index contributed by atoms with van der Waals surface area (Å²) in [7, 11) is 0. The van der Waals surface area contributed by atoms with Gasteiger partial charge in [0, 0.05) is 31.0 Å². The molecule has 1 aromatic carbocycles. The number of likely N-dealkylation sites (tertiary alicyclic amines) is 1. The van der Waals surface area contributed by atoms with Crippen molar-refractivity contribution in [2.45, 2.75) is 38.6 Å². The van der Waals surface area contributed by atoms with Crippen molar-refractivity contribution in [1.82, 2.24) is 20.4 Å². The Labute approximate surface area is 142 Å². The lowest BCUT2D eigenvalue weighted by molar-refractivity contribution is -0.121. The normalized spacial score (nSPS) is 18.0. The lowest BCUT2D eigenvalue weighted by Crippen LogP contribution is -2.40. The number of nitrogens with zero attached hydrogens (tertiary/aromatic N) is 3. The minimum Gasteiger partial charge on any atom is -0.421 e. The Hall–Kier alpha value is -2.21. The van der Waals surface area contributed by atoms with Crippen molar-refractivity contribution in [3.05, 3.63) is 36.2 Å². The fraction of sp³-hybridized carbons (Fsp3) is 0.500. The Kier molecular flexibility index (Phi) is 5.59. The van der Waals surface area contributed by atoms with Gasteiger partial charge in [0.05, 0.1) is 0 Å². The molecular weight excluding hydrogens is 304 g/mol. The van der Waals surface area contributed by atoms with Crippen molar-refractivity contribution < 1.29 is 9.21 Å². The van der Waals surface area contributed by atoms with E-state index in [1.54, 1.807) is 0 Å². The summed E-state index contributed by atoms with van der Waals surface area (Å²) in [5.74, 6) is 1.04. The largest absolute Gasteiger partial charge is 0.421 e. The highest BCUT2D eigenvalue weighted by molar-refractivity contribution is 5.76. The summed E-state index contributed by atoms with van der Waals surface area (Å²) < 4.78 is 5.62. The highest BCUT2D eigenvalue weighted by Gasteiger charge is 2.23. The lowest BCUT2D eigenvalue weighted by Gasteiger charge is -2.22. The molecular formula is C18H24N4O2. The van der Waals surface area contributed by atoms with Crippen LogP contribution in [0.3, 0.4) is 0 Å². The van der Waals surface area contributed by atoms with E-state index in [1.165, 1.54) is 6.42 Å². The summed E-state index contributed by atoms with van der Waals surface area (Å²) in [6, 6.07) is 10.1. The summed E-state index contributed by atoms with van der Waals surface area (Å²) in [5, 5.41) is 11.1. The van der Waals surface area contributed by atoms with Crippen molar-refractivity contribution in [2.75, 3.05) is 19.6 Å². The van der Waals surface area contributed by atoms with Gasteiger partial charge in [0.2, 0.25) is 17.7 Å². The molecule has 1 amide bonds. The van der Waals surface area contributed by atoms with Crippen LogP contribution in [0.15, 0.2) is 34.7 Å². The number of rotatable bonds is 7. The van der Waals surface area contributed by atoms with Crippen molar-refractivity contribution in [2.24, 2.45) is 0 Å². The Morgan fingerprint density at radius 2 is 2.17 bits per heavy atom. The van der Waals surface area contributed by atoms with Crippen LogP contribution in [0.25, 0.3) is 11.5 Å². The number of carbonyl (C=O) groups excluding carboxylic acids is 1. The molecule has 6 heteroatoms. The number of benzene rings is 1. The van der Waals surface area contributed by atoms with E-state index in [1.807, 2.05) is 30.3 Å². The highest BCUT2D eigenvalue weighted by atomic mass is 16.4. The third kappa shape index (κ3) is 4.20. The molecule has 1 atom stereocenters. The van der Waals surface area contributed by atoms with Gasteiger partial charge >= 0.3 is 0 Å². The zero-order valence-corrected chi connectivity index (χ0v) is 14.1. The second-order valence-electron chi connectivity index (χ2n) is 6.10. The zero-order valence-electron chi connectivity index (χ0n) is 14.1. The first-order valence-corrected chi connectivity index (χ1v) is 8.65. The molecule has 3 rings (SSSR count). The third-order valence-electron chi connectivity index (χ3n) is 4.49. The minimum absolute atomic E-state index is 0.0393. The molecule has 1 saturated heterocycles. The number of hydrogen-bond donors (Lipinski definition) is 1. The average Bonchev–Trinajstić information content (AvgIpc) is 3.28. The Morgan fingerprint density at radius 1 is 1.33 bits per heavy atom. The first-order valence-electron chi connectivity index (χ1n) is 8.65. The van der Waals surface area contributed by atoms with Gasteiger partial charge in [-0.1, -0.05) is 25.1 Å². The minimum atomic E-state index is 0.0393. The van der Waals surface area contributed by atoms with E-state index in [4.69, 9.17) is 4.42 Å². The van der Waals surface area contributed by atoms with Gasteiger partial charge in [-0.15, -0.1) is 10.2 Å². The second kappa shape index (κ2) is 8.06. The van der Waals surface area contributed by atoms with Crippen molar-refractivity contribution in [1.29, 1.82) is 0 Å². The Balaban J connectivity index is 1.44. The Morgan fingerprint density at radius 3 is 2.96 bits per heavy atom. The SMILES string of the molecule is CCN1CCC[C@H]1CNC(=O)CCc1nnc(-c2ccccc2)o1. The van der Waals surface area contributed by atoms with E-state index >= 15 is 0 Å². The van der Waals surface area contributed by atoms with Gasteiger partial charge in [-0.3, -0.25) is 9.69 Å². The fourth-order valence-electron chi connectivity index (χ4n) is 3.14. The third-order valence-corrected chi connectivity index (χ3v) is 4.49. The van der Waals surface area contributed by atoms with Crippen LogP contribution < -0.4 is 5.32 Å². The molecule has 0 bridgehead atoms. The van der Waals surface area contributed by atoms with Crippen LogP contribution in [-0.2, 0) is 11.2 Å². The Bertz CT molecular complexity index is 656. The summed E-state index contributed by atoms with van der Waals surface area (Å²) in [6.45, 7) is 5.08.